The van der Waals surface area contributed by atoms with E-state index in [1.807, 2.05) is 32.0 Å². The second-order valence-electron chi connectivity index (χ2n) is 3.25. The first-order valence-electron chi connectivity index (χ1n) is 4.58. The molecule has 0 saturated carbocycles. The third-order valence-corrected chi connectivity index (χ3v) is 1.71. The van der Waals surface area contributed by atoms with Gasteiger partial charge in [0.05, 0.1) is 0 Å². The van der Waals surface area contributed by atoms with Crippen molar-refractivity contribution >= 4 is 11.6 Å². The molecule has 0 unspecified atom stereocenters. The van der Waals surface area contributed by atoms with E-state index in [-0.39, 0.29) is 11.7 Å². The molecular weight excluding hydrogens is 176 g/mol. The topological polar surface area (TPSA) is 42.0 Å². The summed E-state index contributed by atoms with van der Waals surface area (Å²) in [7, 11) is 0. The van der Waals surface area contributed by atoms with Crippen molar-refractivity contribution in [2.45, 2.75) is 13.8 Å². The van der Waals surface area contributed by atoms with Gasteiger partial charge in [-0.2, -0.15) is 0 Å². The number of carbonyl (C=O) groups is 1. The second kappa shape index (κ2) is 5.17. The van der Waals surface area contributed by atoms with E-state index in [2.05, 4.69) is 10.3 Å². The van der Waals surface area contributed by atoms with Crippen LogP contribution in [-0.2, 0) is 4.79 Å². The molecule has 74 valence electrons. The van der Waals surface area contributed by atoms with Crippen LogP contribution in [0.3, 0.4) is 0 Å². The monoisotopic (exact) mass is 190 g/mol. The van der Waals surface area contributed by atoms with Gasteiger partial charge in [-0.3, -0.25) is 4.79 Å². The highest BCUT2D eigenvalue weighted by molar-refractivity contribution is 5.91. The van der Waals surface area contributed by atoms with Crippen molar-refractivity contribution in [1.29, 1.82) is 0 Å². The molecule has 0 spiro atoms. The van der Waals surface area contributed by atoms with Crippen molar-refractivity contribution in [3.63, 3.8) is 0 Å². The third-order valence-electron chi connectivity index (χ3n) is 1.71. The minimum absolute atomic E-state index is 0.0387. The van der Waals surface area contributed by atoms with Crippen LogP contribution in [0.25, 0.3) is 0 Å². The van der Waals surface area contributed by atoms with Gasteiger partial charge in [-0.15, -0.1) is 0 Å². The van der Waals surface area contributed by atoms with E-state index in [0.717, 1.165) is 5.82 Å². The molecule has 0 aliphatic rings. The summed E-state index contributed by atoms with van der Waals surface area (Å²) in [4.78, 5) is 15.2. The molecule has 1 aromatic rings. The maximum atomic E-state index is 11.2. The summed E-state index contributed by atoms with van der Waals surface area (Å²) in [6, 6.07) is 5.56. The van der Waals surface area contributed by atoms with E-state index in [9.17, 15) is 4.79 Å². The van der Waals surface area contributed by atoms with Crippen LogP contribution < -0.4 is 5.32 Å². The molecule has 3 heteroatoms. The Morgan fingerprint density at radius 3 is 2.86 bits per heavy atom. The molecule has 0 aliphatic carbocycles. The number of nitrogens with one attached hydrogen (secondary N) is 1. The van der Waals surface area contributed by atoms with Crippen molar-refractivity contribution in [2.75, 3.05) is 5.32 Å². The Balaban J connectivity index is 2.45. The summed E-state index contributed by atoms with van der Waals surface area (Å²) in [5, 5.41) is 2.92. The van der Waals surface area contributed by atoms with Gasteiger partial charge in [0.25, 0.3) is 0 Å². The molecule has 0 atom stereocenters. The predicted octanol–water partition coefficient (Wildman–Crippen LogP) is 2.23. The minimum Gasteiger partial charge on any atom is -0.347 e. The van der Waals surface area contributed by atoms with E-state index < -0.39 is 0 Å². The molecule has 0 fully saturated rings. The lowest BCUT2D eigenvalue weighted by molar-refractivity contribution is -0.117. The lowest BCUT2D eigenvalue weighted by Gasteiger charge is -1.99. The molecule has 1 heterocycles. The highest BCUT2D eigenvalue weighted by Crippen LogP contribution is 2.00. The van der Waals surface area contributed by atoms with Crippen LogP contribution in [0.4, 0.5) is 5.82 Å². The number of rotatable bonds is 4. The van der Waals surface area contributed by atoms with Crippen LogP contribution in [0.2, 0.25) is 0 Å². The number of anilines is 1. The molecule has 0 saturated heterocycles. The van der Waals surface area contributed by atoms with E-state index in [1.54, 1.807) is 12.4 Å². The highest BCUT2D eigenvalue weighted by Gasteiger charge is 2.00. The zero-order valence-corrected chi connectivity index (χ0v) is 8.40. The molecule has 1 rings (SSSR count). The van der Waals surface area contributed by atoms with Crippen LogP contribution in [0.15, 0.2) is 36.7 Å². The molecule has 0 aromatic carbocycles. The van der Waals surface area contributed by atoms with Gasteiger partial charge in [0.2, 0.25) is 0 Å². The van der Waals surface area contributed by atoms with Gasteiger partial charge >= 0.3 is 0 Å². The number of pyridine rings is 1. The normalized spacial score (nSPS) is 10.8. The summed E-state index contributed by atoms with van der Waals surface area (Å²) in [6.07, 6.45) is 4.84. The number of carbonyl (C=O) groups excluding carboxylic acids is 1. The minimum atomic E-state index is 0.0387. The molecule has 0 bridgehead atoms. The lowest BCUT2D eigenvalue weighted by atomic mass is 10.1. The number of ketones is 1. The Kier molecular flexibility index (Phi) is 3.85. The zero-order chi connectivity index (χ0) is 10.4. The molecule has 14 heavy (non-hydrogen) atoms. The van der Waals surface area contributed by atoms with Crippen LogP contribution in [0, 0.1) is 5.92 Å². The largest absolute Gasteiger partial charge is 0.347 e. The van der Waals surface area contributed by atoms with Crippen molar-refractivity contribution in [3.05, 3.63) is 36.7 Å². The lowest BCUT2D eigenvalue weighted by Crippen LogP contribution is -2.03. The van der Waals surface area contributed by atoms with Crippen LogP contribution in [0.5, 0.6) is 0 Å². The second-order valence-corrected chi connectivity index (χ2v) is 3.25. The Labute approximate surface area is 83.9 Å². The average molecular weight is 190 g/mol. The van der Waals surface area contributed by atoms with Gasteiger partial charge in [0, 0.05) is 18.3 Å². The van der Waals surface area contributed by atoms with E-state index in [4.69, 9.17) is 0 Å². The highest BCUT2D eigenvalue weighted by atomic mass is 16.1. The molecule has 0 amide bonds. The Morgan fingerprint density at radius 2 is 2.29 bits per heavy atom. The maximum absolute atomic E-state index is 11.2. The van der Waals surface area contributed by atoms with Crippen molar-refractivity contribution in [2.24, 2.45) is 5.92 Å². The molecular formula is C11H14N2O. The van der Waals surface area contributed by atoms with Gasteiger partial charge in [0.15, 0.2) is 5.78 Å². The fourth-order valence-corrected chi connectivity index (χ4v) is 0.850. The van der Waals surface area contributed by atoms with E-state index in [1.165, 1.54) is 6.08 Å². The molecule has 0 radical (unpaired) electrons. The summed E-state index contributed by atoms with van der Waals surface area (Å²) in [5.41, 5.74) is 0. The van der Waals surface area contributed by atoms with Gasteiger partial charge < -0.3 is 5.32 Å². The Morgan fingerprint density at radius 1 is 1.50 bits per heavy atom. The SMILES string of the molecule is CC(C)C(=O)C=CNc1ccccn1. The predicted molar refractivity (Wildman–Crippen MR) is 56.8 cm³/mol. The van der Waals surface area contributed by atoms with Crippen LogP contribution in [0.1, 0.15) is 13.8 Å². The molecule has 1 N–H and O–H groups in total. The Hall–Kier alpha value is -1.64. The fourth-order valence-electron chi connectivity index (χ4n) is 0.850. The quantitative estimate of drug-likeness (QED) is 0.740. The molecule has 3 nitrogen and oxygen atoms in total. The number of hydrogen-bond donors (Lipinski definition) is 1. The van der Waals surface area contributed by atoms with Gasteiger partial charge in [0.1, 0.15) is 5.82 Å². The zero-order valence-electron chi connectivity index (χ0n) is 8.40. The number of aromatic nitrogens is 1. The number of hydrogen-bond acceptors (Lipinski definition) is 3. The first-order valence-corrected chi connectivity index (χ1v) is 4.58. The first kappa shape index (κ1) is 10.4. The third kappa shape index (κ3) is 3.39. The fraction of sp³-hybridized carbons (Fsp3) is 0.273. The van der Waals surface area contributed by atoms with Gasteiger partial charge in [-0.05, 0) is 18.2 Å². The standard InChI is InChI=1S/C11H14N2O/c1-9(2)10(14)6-8-13-11-5-3-4-7-12-11/h3-9H,1-2H3,(H,12,13). The molecule has 1 aromatic heterocycles. The van der Waals surface area contributed by atoms with Crippen molar-refractivity contribution in [3.8, 4) is 0 Å². The molecule has 0 aliphatic heterocycles. The van der Waals surface area contributed by atoms with Gasteiger partial charge in [-0.25, -0.2) is 4.98 Å². The van der Waals surface area contributed by atoms with Gasteiger partial charge in [-0.1, -0.05) is 19.9 Å². The number of allylic oxidation sites excluding steroid dienone is 1. The Bertz CT molecular complexity index is 317. The maximum Gasteiger partial charge on any atom is 0.159 e. The van der Waals surface area contributed by atoms with Crippen molar-refractivity contribution < 1.29 is 4.79 Å². The van der Waals surface area contributed by atoms with E-state index >= 15 is 0 Å². The summed E-state index contributed by atoms with van der Waals surface area (Å²) < 4.78 is 0. The van der Waals surface area contributed by atoms with E-state index in [0.29, 0.717) is 0 Å². The first-order chi connectivity index (χ1) is 6.70. The average Bonchev–Trinajstić information content (AvgIpc) is 2.19. The number of nitrogens with zero attached hydrogens (tertiary/aromatic N) is 1. The summed E-state index contributed by atoms with van der Waals surface area (Å²) in [5.74, 6) is 0.880. The summed E-state index contributed by atoms with van der Waals surface area (Å²) >= 11 is 0. The smallest absolute Gasteiger partial charge is 0.159 e. The summed E-state index contributed by atoms with van der Waals surface area (Å²) in [6.45, 7) is 3.74. The van der Waals surface area contributed by atoms with Crippen LogP contribution in [-0.4, -0.2) is 10.8 Å². The van der Waals surface area contributed by atoms with Crippen LogP contribution >= 0.6 is 0 Å². The van der Waals surface area contributed by atoms with Crippen molar-refractivity contribution in [1.82, 2.24) is 4.98 Å².